The van der Waals surface area contributed by atoms with E-state index in [1.165, 1.54) is 0 Å². The van der Waals surface area contributed by atoms with Crippen molar-refractivity contribution in [1.29, 1.82) is 0 Å². The van der Waals surface area contributed by atoms with Gasteiger partial charge in [0.25, 0.3) is 0 Å². The second kappa shape index (κ2) is 5.67. The van der Waals surface area contributed by atoms with E-state index in [1.54, 1.807) is 0 Å². The summed E-state index contributed by atoms with van der Waals surface area (Å²) in [5.74, 6) is 1.56. The maximum atomic E-state index is 5.56. The molecule has 0 unspecified atom stereocenters. The fraction of sp³-hybridized carbons (Fsp3) is 0.125. The molecule has 4 heteroatoms. The van der Waals surface area contributed by atoms with Crippen molar-refractivity contribution in [2.75, 3.05) is 18.4 Å². The van der Waals surface area contributed by atoms with E-state index in [4.69, 9.17) is 5.73 Å². The number of nitrogens with two attached hydrogens (primary N) is 1. The zero-order valence-electron chi connectivity index (χ0n) is 11.1. The molecule has 0 aliphatic heterocycles. The molecule has 0 radical (unpaired) electrons. The second-order valence-corrected chi connectivity index (χ2v) is 4.49. The van der Waals surface area contributed by atoms with Crippen molar-refractivity contribution in [2.45, 2.75) is 0 Å². The minimum absolute atomic E-state index is 0.568. The van der Waals surface area contributed by atoms with Crippen LogP contribution in [0.4, 0.5) is 5.82 Å². The predicted octanol–water partition coefficient (Wildman–Crippen LogP) is 2.67. The Labute approximate surface area is 117 Å². The summed E-state index contributed by atoms with van der Waals surface area (Å²) in [7, 11) is 0. The van der Waals surface area contributed by atoms with Gasteiger partial charge in [0.15, 0.2) is 5.82 Å². The zero-order valence-corrected chi connectivity index (χ0v) is 11.1. The number of aromatic nitrogens is 2. The van der Waals surface area contributed by atoms with Crippen LogP contribution in [-0.2, 0) is 0 Å². The van der Waals surface area contributed by atoms with E-state index in [1.807, 2.05) is 54.6 Å². The Morgan fingerprint density at radius 1 is 0.900 bits per heavy atom. The van der Waals surface area contributed by atoms with Crippen molar-refractivity contribution >= 4 is 16.7 Å². The molecular weight excluding hydrogens is 248 g/mol. The van der Waals surface area contributed by atoms with Crippen LogP contribution < -0.4 is 11.1 Å². The number of benzene rings is 2. The van der Waals surface area contributed by atoms with Gasteiger partial charge in [-0.15, -0.1) is 0 Å². The number of hydrogen-bond donors (Lipinski definition) is 2. The van der Waals surface area contributed by atoms with Gasteiger partial charge in [0.2, 0.25) is 0 Å². The molecule has 0 saturated carbocycles. The molecule has 0 bridgehead atoms. The van der Waals surface area contributed by atoms with E-state index in [9.17, 15) is 0 Å². The van der Waals surface area contributed by atoms with Crippen molar-refractivity contribution in [2.24, 2.45) is 5.73 Å². The van der Waals surface area contributed by atoms with Gasteiger partial charge in [0.05, 0.1) is 5.52 Å². The standard InChI is InChI=1S/C16H16N4/c17-10-11-18-16-13-8-4-5-9-14(13)19-15(20-16)12-6-2-1-3-7-12/h1-9H,10-11,17H2,(H,18,19,20). The summed E-state index contributed by atoms with van der Waals surface area (Å²) < 4.78 is 0. The average molecular weight is 264 g/mol. The van der Waals surface area contributed by atoms with Gasteiger partial charge >= 0.3 is 0 Å². The van der Waals surface area contributed by atoms with Crippen LogP contribution in [0, 0.1) is 0 Å². The Bertz CT molecular complexity index is 710. The monoisotopic (exact) mass is 264 g/mol. The van der Waals surface area contributed by atoms with Gasteiger partial charge in [-0.25, -0.2) is 9.97 Å². The largest absolute Gasteiger partial charge is 0.368 e. The lowest BCUT2D eigenvalue weighted by atomic mass is 10.2. The van der Waals surface area contributed by atoms with E-state index < -0.39 is 0 Å². The molecular formula is C16H16N4. The van der Waals surface area contributed by atoms with E-state index >= 15 is 0 Å². The number of hydrogen-bond acceptors (Lipinski definition) is 4. The molecule has 3 N–H and O–H groups in total. The van der Waals surface area contributed by atoms with Crippen LogP contribution in [0.2, 0.25) is 0 Å². The minimum Gasteiger partial charge on any atom is -0.368 e. The summed E-state index contributed by atoms with van der Waals surface area (Å²) in [5.41, 5.74) is 7.50. The molecule has 0 amide bonds. The number of nitrogens with one attached hydrogen (secondary N) is 1. The molecule has 0 spiro atoms. The SMILES string of the molecule is NCCNc1nc(-c2ccccc2)nc2ccccc12. The van der Waals surface area contributed by atoms with Crippen LogP contribution in [0.5, 0.6) is 0 Å². The molecule has 0 aliphatic carbocycles. The zero-order chi connectivity index (χ0) is 13.8. The minimum atomic E-state index is 0.568. The number of para-hydroxylation sites is 1. The number of rotatable bonds is 4. The third-order valence-corrected chi connectivity index (χ3v) is 3.07. The van der Waals surface area contributed by atoms with E-state index in [0.29, 0.717) is 13.1 Å². The lowest BCUT2D eigenvalue weighted by Gasteiger charge is -2.10. The third-order valence-electron chi connectivity index (χ3n) is 3.07. The summed E-state index contributed by atoms with van der Waals surface area (Å²) in [6.07, 6.45) is 0. The Kier molecular flexibility index (Phi) is 3.56. The van der Waals surface area contributed by atoms with Crippen LogP contribution in [0.1, 0.15) is 0 Å². The molecule has 0 saturated heterocycles. The first-order valence-corrected chi connectivity index (χ1v) is 6.64. The van der Waals surface area contributed by atoms with Gasteiger partial charge in [-0.05, 0) is 12.1 Å². The lowest BCUT2D eigenvalue weighted by Crippen LogP contribution is -2.14. The fourth-order valence-electron chi connectivity index (χ4n) is 2.12. The van der Waals surface area contributed by atoms with Gasteiger partial charge in [-0.3, -0.25) is 0 Å². The van der Waals surface area contributed by atoms with Crippen LogP contribution in [0.25, 0.3) is 22.3 Å². The highest BCUT2D eigenvalue weighted by molar-refractivity contribution is 5.90. The quantitative estimate of drug-likeness (QED) is 0.760. The highest BCUT2D eigenvalue weighted by Gasteiger charge is 2.08. The van der Waals surface area contributed by atoms with Crippen molar-refractivity contribution in [1.82, 2.24) is 9.97 Å². The van der Waals surface area contributed by atoms with Gasteiger partial charge < -0.3 is 11.1 Å². The second-order valence-electron chi connectivity index (χ2n) is 4.49. The molecule has 0 fully saturated rings. The Morgan fingerprint density at radius 3 is 2.45 bits per heavy atom. The van der Waals surface area contributed by atoms with Crippen LogP contribution >= 0.6 is 0 Å². The fourth-order valence-corrected chi connectivity index (χ4v) is 2.12. The molecule has 4 nitrogen and oxygen atoms in total. The van der Waals surface area contributed by atoms with E-state index in [-0.39, 0.29) is 0 Å². The van der Waals surface area contributed by atoms with Crippen molar-refractivity contribution in [3.8, 4) is 11.4 Å². The predicted molar refractivity (Wildman–Crippen MR) is 82.5 cm³/mol. The molecule has 100 valence electrons. The van der Waals surface area contributed by atoms with Gasteiger partial charge in [-0.1, -0.05) is 42.5 Å². The van der Waals surface area contributed by atoms with Gasteiger partial charge in [-0.2, -0.15) is 0 Å². The summed E-state index contributed by atoms with van der Waals surface area (Å²) >= 11 is 0. The Morgan fingerprint density at radius 2 is 1.65 bits per heavy atom. The lowest BCUT2D eigenvalue weighted by molar-refractivity contribution is 1.01. The van der Waals surface area contributed by atoms with Crippen molar-refractivity contribution in [3.63, 3.8) is 0 Å². The number of nitrogens with zero attached hydrogens (tertiary/aromatic N) is 2. The highest BCUT2D eigenvalue weighted by Crippen LogP contribution is 2.24. The first kappa shape index (κ1) is 12.6. The van der Waals surface area contributed by atoms with Gasteiger partial charge in [0.1, 0.15) is 5.82 Å². The van der Waals surface area contributed by atoms with Crippen LogP contribution in [0.15, 0.2) is 54.6 Å². The van der Waals surface area contributed by atoms with E-state index in [2.05, 4.69) is 15.3 Å². The molecule has 3 aromatic rings. The molecule has 1 aromatic heterocycles. The Hall–Kier alpha value is -2.46. The third kappa shape index (κ3) is 2.46. The molecule has 3 rings (SSSR count). The maximum Gasteiger partial charge on any atom is 0.162 e. The molecule has 1 heterocycles. The number of anilines is 1. The first-order valence-electron chi connectivity index (χ1n) is 6.64. The normalized spacial score (nSPS) is 10.7. The van der Waals surface area contributed by atoms with Crippen LogP contribution in [-0.4, -0.2) is 23.1 Å². The first-order chi connectivity index (χ1) is 9.88. The molecule has 0 aliphatic rings. The molecule has 2 aromatic carbocycles. The topological polar surface area (TPSA) is 63.8 Å². The smallest absolute Gasteiger partial charge is 0.162 e. The maximum absolute atomic E-state index is 5.56. The van der Waals surface area contributed by atoms with Crippen LogP contribution in [0.3, 0.4) is 0 Å². The summed E-state index contributed by atoms with van der Waals surface area (Å²) in [6, 6.07) is 18.0. The summed E-state index contributed by atoms with van der Waals surface area (Å²) in [4.78, 5) is 9.26. The summed E-state index contributed by atoms with van der Waals surface area (Å²) in [6.45, 7) is 1.26. The molecule has 0 atom stereocenters. The number of fused-ring (bicyclic) bond motifs is 1. The molecule has 20 heavy (non-hydrogen) atoms. The van der Waals surface area contributed by atoms with E-state index in [0.717, 1.165) is 28.1 Å². The Balaban J connectivity index is 2.14. The highest BCUT2D eigenvalue weighted by atomic mass is 15.0. The summed E-state index contributed by atoms with van der Waals surface area (Å²) in [5, 5.41) is 4.29. The van der Waals surface area contributed by atoms with Crippen molar-refractivity contribution in [3.05, 3.63) is 54.6 Å². The van der Waals surface area contributed by atoms with Crippen molar-refractivity contribution < 1.29 is 0 Å². The average Bonchev–Trinajstić information content (AvgIpc) is 2.53. The van der Waals surface area contributed by atoms with Gasteiger partial charge in [0, 0.05) is 24.0 Å².